The lowest BCUT2D eigenvalue weighted by atomic mass is 9.77. The molecule has 2 N–H and O–H groups in total. The van der Waals surface area contributed by atoms with Crippen molar-refractivity contribution < 1.29 is 4.52 Å². The molecule has 0 aliphatic heterocycles. The zero-order valence-electron chi connectivity index (χ0n) is 11.3. The van der Waals surface area contributed by atoms with Crippen molar-refractivity contribution in [2.24, 2.45) is 18.7 Å². The number of rotatable bonds is 2. The summed E-state index contributed by atoms with van der Waals surface area (Å²) in [6, 6.07) is 1.85. The Morgan fingerprint density at radius 2 is 2.16 bits per heavy atom. The van der Waals surface area contributed by atoms with Crippen molar-refractivity contribution in [3.05, 3.63) is 18.1 Å². The molecule has 2 aromatic rings. The monoisotopic (exact) mass is 261 g/mol. The molecular formula is C13H19N5O. The molecule has 0 saturated heterocycles. The molecule has 0 unspecified atom stereocenters. The summed E-state index contributed by atoms with van der Waals surface area (Å²) < 4.78 is 7.00. The van der Waals surface area contributed by atoms with Crippen molar-refractivity contribution in [2.75, 3.05) is 0 Å². The van der Waals surface area contributed by atoms with Crippen LogP contribution in [-0.2, 0) is 12.6 Å². The Morgan fingerprint density at radius 3 is 2.79 bits per heavy atom. The van der Waals surface area contributed by atoms with E-state index in [4.69, 9.17) is 10.3 Å². The lowest BCUT2D eigenvalue weighted by Gasteiger charge is -2.33. The van der Waals surface area contributed by atoms with Gasteiger partial charge < -0.3 is 10.3 Å². The number of nitrogens with two attached hydrogens (primary N) is 1. The van der Waals surface area contributed by atoms with E-state index in [1.54, 1.807) is 4.68 Å². The van der Waals surface area contributed by atoms with Crippen molar-refractivity contribution >= 4 is 0 Å². The van der Waals surface area contributed by atoms with Gasteiger partial charge in [0.15, 0.2) is 11.5 Å². The molecule has 0 amide bonds. The molecule has 0 spiro atoms. The van der Waals surface area contributed by atoms with Crippen LogP contribution >= 0.6 is 0 Å². The summed E-state index contributed by atoms with van der Waals surface area (Å²) in [6.07, 6.45) is 5.90. The molecule has 0 radical (unpaired) electrons. The van der Waals surface area contributed by atoms with E-state index >= 15 is 0 Å². The number of aromatic nitrogens is 4. The Morgan fingerprint density at radius 1 is 1.42 bits per heavy atom. The summed E-state index contributed by atoms with van der Waals surface area (Å²) in [5.41, 5.74) is 6.68. The molecule has 1 aliphatic carbocycles. The van der Waals surface area contributed by atoms with Crippen molar-refractivity contribution in [3.8, 4) is 11.6 Å². The standard InChI is InChI=1S/C13H19N5O/c1-9-3-6-13(14,7-4-9)12-15-11(19-17-12)10-5-8-18(2)16-10/h5,8-9H,3-4,6-7,14H2,1-2H3. The maximum atomic E-state index is 6.43. The first-order valence-corrected chi connectivity index (χ1v) is 6.70. The van der Waals surface area contributed by atoms with E-state index in [0.29, 0.717) is 17.4 Å². The first-order valence-electron chi connectivity index (χ1n) is 6.70. The van der Waals surface area contributed by atoms with Gasteiger partial charge in [0.05, 0.1) is 5.54 Å². The maximum Gasteiger partial charge on any atom is 0.278 e. The van der Waals surface area contributed by atoms with E-state index in [9.17, 15) is 0 Å². The Hall–Kier alpha value is -1.69. The molecule has 19 heavy (non-hydrogen) atoms. The molecule has 102 valence electrons. The molecule has 0 atom stereocenters. The fraction of sp³-hybridized carbons (Fsp3) is 0.615. The lowest BCUT2D eigenvalue weighted by Crippen LogP contribution is -2.41. The molecule has 1 saturated carbocycles. The highest BCUT2D eigenvalue weighted by atomic mass is 16.5. The van der Waals surface area contributed by atoms with Crippen molar-refractivity contribution in [3.63, 3.8) is 0 Å². The van der Waals surface area contributed by atoms with E-state index < -0.39 is 5.54 Å². The first kappa shape index (κ1) is 12.3. The van der Waals surface area contributed by atoms with Crippen LogP contribution in [0.1, 0.15) is 38.4 Å². The second-order valence-electron chi connectivity index (χ2n) is 5.64. The van der Waals surface area contributed by atoms with Crippen LogP contribution in [-0.4, -0.2) is 19.9 Å². The van der Waals surface area contributed by atoms with Gasteiger partial charge in [0.25, 0.3) is 5.89 Å². The van der Waals surface area contributed by atoms with Gasteiger partial charge in [0, 0.05) is 13.2 Å². The predicted octanol–water partition coefficient (Wildman–Crippen LogP) is 1.83. The molecule has 6 nitrogen and oxygen atoms in total. The van der Waals surface area contributed by atoms with Crippen molar-refractivity contribution in [2.45, 2.75) is 38.1 Å². The molecule has 1 fully saturated rings. The number of aryl methyl sites for hydroxylation is 1. The third-order valence-electron chi connectivity index (χ3n) is 3.97. The van der Waals surface area contributed by atoms with Gasteiger partial charge in [-0.1, -0.05) is 12.1 Å². The molecular weight excluding hydrogens is 242 g/mol. The first-order chi connectivity index (χ1) is 9.07. The minimum atomic E-state index is -0.441. The summed E-state index contributed by atoms with van der Waals surface area (Å²) in [7, 11) is 1.85. The number of hydrogen-bond acceptors (Lipinski definition) is 5. The van der Waals surface area contributed by atoms with E-state index in [2.05, 4.69) is 22.2 Å². The smallest absolute Gasteiger partial charge is 0.278 e. The largest absolute Gasteiger partial charge is 0.332 e. The van der Waals surface area contributed by atoms with Gasteiger partial charge in [-0.25, -0.2) is 0 Å². The topological polar surface area (TPSA) is 82.8 Å². The molecule has 2 aromatic heterocycles. The average Bonchev–Trinajstić information content (AvgIpc) is 3.02. The van der Waals surface area contributed by atoms with Crippen LogP contribution in [0.15, 0.2) is 16.8 Å². The van der Waals surface area contributed by atoms with E-state index in [1.165, 1.54) is 0 Å². The van der Waals surface area contributed by atoms with Gasteiger partial charge >= 0.3 is 0 Å². The molecule has 0 aromatic carbocycles. The van der Waals surface area contributed by atoms with Crippen molar-refractivity contribution in [1.29, 1.82) is 0 Å². The van der Waals surface area contributed by atoms with Gasteiger partial charge in [-0.2, -0.15) is 10.1 Å². The van der Waals surface area contributed by atoms with Crippen LogP contribution in [0, 0.1) is 5.92 Å². The highest BCUT2D eigenvalue weighted by molar-refractivity contribution is 5.45. The zero-order chi connectivity index (χ0) is 13.5. The highest BCUT2D eigenvalue weighted by Crippen LogP contribution is 2.36. The van der Waals surface area contributed by atoms with Gasteiger partial charge in [-0.3, -0.25) is 4.68 Å². The fourth-order valence-corrected chi connectivity index (χ4v) is 2.56. The van der Waals surface area contributed by atoms with Gasteiger partial charge in [-0.05, 0) is 37.7 Å². The molecule has 1 aliphatic rings. The Balaban J connectivity index is 1.85. The summed E-state index contributed by atoms with van der Waals surface area (Å²) in [6.45, 7) is 2.26. The SMILES string of the molecule is CC1CCC(N)(c2noc(-c3ccn(C)n3)n2)CC1. The van der Waals surface area contributed by atoms with E-state index in [1.807, 2.05) is 19.3 Å². The predicted molar refractivity (Wildman–Crippen MR) is 70.0 cm³/mol. The highest BCUT2D eigenvalue weighted by Gasteiger charge is 2.36. The van der Waals surface area contributed by atoms with Crippen LogP contribution in [0.25, 0.3) is 11.6 Å². The van der Waals surface area contributed by atoms with Gasteiger partial charge in [0.1, 0.15) is 0 Å². The second-order valence-corrected chi connectivity index (χ2v) is 5.64. The summed E-state index contributed by atoms with van der Waals surface area (Å²) in [5, 5.41) is 8.32. The van der Waals surface area contributed by atoms with Gasteiger partial charge in [0.2, 0.25) is 0 Å². The second kappa shape index (κ2) is 4.45. The Kier molecular flexibility index (Phi) is 2.89. The fourth-order valence-electron chi connectivity index (χ4n) is 2.56. The third kappa shape index (κ3) is 2.28. The van der Waals surface area contributed by atoms with E-state index in [-0.39, 0.29) is 0 Å². The van der Waals surface area contributed by atoms with Crippen LogP contribution < -0.4 is 5.73 Å². The van der Waals surface area contributed by atoms with Gasteiger partial charge in [-0.15, -0.1) is 0 Å². The number of nitrogens with zero attached hydrogens (tertiary/aromatic N) is 4. The quantitative estimate of drug-likeness (QED) is 0.891. The third-order valence-corrected chi connectivity index (χ3v) is 3.97. The number of hydrogen-bond donors (Lipinski definition) is 1. The van der Waals surface area contributed by atoms with Crippen LogP contribution in [0.2, 0.25) is 0 Å². The van der Waals surface area contributed by atoms with Crippen LogP contribution in [0.4, 0.5) is 0 Å². The zero-order valence-corrected chi connectivity index (χ0v) is 11.3. The van der Waals surface area contributed by atoms with Crippen molar-refractivity contribution in [1.82, 2.24) is 19.9 Å². The molecule has 6 heteroatoms. The molecule has 2 heterocycles. The maximum absolute atomic E-state index is 6.43. The Bertz CT molecular complexity index is 565. The molecule has 3 rings (SSSR count). The van der Waals surface area contributed by atoms with Crippen LogP contribution in [0.5, 0.6) is 0 Å². The average molecular weight is 261 g/mol. The summed E-state index contributed by atoms with van der Waals surface area (Å²) >= 11 is 0. The lowest BCUT2D eigenvalue weighted by molar-refractivity contribution is 0.230. The minimum Gasteiger partial charge on any atom is -0.332 e. The Labute approximate surface area is 112 Å². The summed E-state index contributed by atoms with van der Waals surface area (Å²) in [4.78, 5) is 4.44. The molecule has 0 bridgehead atoms. The van der Waals surface area contributed by atoms with Crippen LogP contribution in [0.3, 0.4) is 0 Å². The minimum absolute atomic E-state index is 0.441. The normalized spacial score (nSPS) is 27.6. The van der Waals surface area contributed by atoms with E-state index in [0.717, 1.165) is 31.6 Å². The summed E-state index contributed by atoms with van der Waals surface area (Å²) in [5.74, 6) is 1.79.